The average Bonchev–Trinajstić information content (AvgIpc) is 2.74. The van der Waals surface area contributed by atoms with Crippen molar-refractivity contribution in [1.29, 1.82) is 0 Å². The van der Waals surface area contributed by atoms with Crippen LogP contribution in [-0.4, -0.2) is 35.7 Å². The third kappa shape index (κ3) is 6.74. The van der Waals surface area contributed by atoms with Crippen molar-refractivity contribution in [2.75, 3.05) is 13.1 Å². The molecule has 4 nitrogen and oxygen atoms in total. The lowest BCUT2D eigenvalue weighted by atomic mass is 9.97. The molecule has 0 spiro atoms. The maximum atomic E-state index is 10.0. The first kappa shape index (κ1) is 22.7. The summed E-state index contributed by atoms with van der Waals surface area (Å²) in [5, 5.41) is 20.0. The lowest BCUT2D eigenvalue weighted by Crippen LogP contribution is -1.95. The van der Waals surface area contributed by atoms with Crippen LogP contribution in [-0.2, 0) is 0 Å². The Labute approximate surface area is 175 Å². The highest BCUT2D eigenvalue weighted by molar-refractivity contribution is 5.84. The molecule has 0 saturated carbocycles. The van der Waals surface area contributed by atoms with E-state index in [9.17, 15) is 10.2 Å². The Balaban J connectivity index is 1.87. The van der Waals surface area contributed by atoms with Gasteiger partial charge in [0.2, 0.25) is 0 Å². The summed E-state index contributed by atoms with van der Waals surface area (Å²) in [6.45, 7) is 9.97. The third-order valence-electron chi connectivity index (χ3n) is 5.50. The molecule has 0 fully saturated rings. The van der Waals surface area contributed by atoms with Gasteiger partial charge in [-0.3, -0.25) is 9.98 Å². The van der Waals surface area contributed by atoms with Gasteiger partial charge in [0.25, 0.3) is 0 Å². The number of benzene rings is 2. The second-order valence-electron chi connectivity index (χ2n) is 7.68. The van der Waals surface area contributed by atoms with Crippen LogP contribution in [0.5, 0.6) is 11.5 Å². The van der Waals surface area contributed by atoms with Crippen LogP contribution in [0.2, 0.25) is 0 Å². The Hall–Kier alpha value is -2.62. The first-order valence-corrected chi connectivity index (χ1v) is 10.6. The molecular formula is C25H34N2O2. The molecule has 2 N–H and O–H groups in total. The Morgan fingerprint density at radius 2 is 1.17 bits per heavy atom. The molecule has 2 rings (SSSR count). The summed E-state index contributed by atoms with van der Waals surface area (Å²) in [5.41, 5.74) is 3.96. The van der Waals surface area contributed by atoms with E-state index in [2.05, 4.69) is 37.7 Å². The van der Waals surface area contributed by atoms with Crippen molar-refractivity contribution in [2.45, 2.75) is 58.8 Å². The van der Waals surface area contributed by atoms with Gasteiger partial charge in [-0.1, -0.05) is 39.8 Å². The number of aromatic hydroxyl groups is 2. The highest BCUT2D eigenvalue weighted by Gasteiger charge is 2.07. The van der Waals surface area contributed by atoms with E-state index in [4.69, 9.17) is 0 Å². The minimum absolute atomic E-state index is 0.260. The van der Waals surface area contributed by atoms with Gasteiger partial charge in [0.1, 0.15) is 11.5 Å². The molecule has 0 aliphatic heterocycles. The smallest absolute Gasteiger partial charge is 0.124 e. The molecule has 0 amide bonds. The number of rotatable bonds is 10. The molecule has 0 radical (unpaired) electrons. The van der Waals surface area contributed by atoms with Crippen LogP contribution in [0.4, 0.5) is 0 Å². The van der Waals surface area contributed by atoms with Gasteiger partial charge in [-0.05, 0) is 66.5 Å². The highest BCUT2D eigenvalue weighted by Crippen LogP contribution is 2.25. The van der Waals surface area contributed by atoms with Crippen LogP contribution < -0.4 is 0 Å². The van der Waals surface area contributed by atoms with Gasteiger partial charge in [0.15, 0.2) is 0 Å². The van der Waals surface area contributed by atoms with Crippen LogP contribution in [0.1, 0.15) is 81.0 Å². The van der Waals surface area contributed by atoms with Gasteiger partial charge >= 0.3 is 0 Å². The summed E-state index contributed by atoms with van der Waals surface area (Å²) in [4.78, 5) is 8.86. The fourth-order valence-corrected chi connectivity index (χ4v) is 3.02. The highest BCUT2D eigenvalue weighted by atomic mass is 16.3. The molecule has 0 aliphatic rings. The molecule has 2 aromatic carbocycles. The molecule has 0 aliphatic carbocycles. The Morgan fingerprint density at radius 1 is 0.759 bits per heavy atom. The van der Waals surface area contributed by atoms with Crippen molar-refractivity contribution >= 4 is 12.4 Å². The van der Waals surface area contributed by atoms with E-state index in [-0.39, 0.29) is 11.5 Å². The van der Waals surface area contributed by atoms with E-state index in [0.717, 1.165) is 30.4 Å². The normalized spacial score (nSPS) is 13.9. The van der Waals surface area contributed by atoms with Crippen LogP contribution in [0.3, 0.4) is 0 Å². The van der Waals surface area contributed by atoms with Crippen molar-refractivity contribution in [3.63, 3.8) is 0 Å². The predicted octanol–water partition coefficient (Wildman–Crippen LogP) is 6.05. The van der Waals surface area contributed by atoms with Crippen LogP contribution >= 0.6 is 0 Å². The van der Waals surface area contributed by atoms with Crippen molar-refractivity contribution in [3.05, 3.63) is 58.7 Å². The second-order valence-corrected chi connectivity index (χ2v) is 7.68. The summed E-state index contributed by atoms with van der Waals surface area (Å²) in [6, 6.07) is 11.5. The number of phenols is 2. The topological polar surface area (TPSA) is 65.2 Å². The number of aliphatic imine (C=N–C) groups is 2. The summed E-state index contributed by atoms with van der Waals surface area (Å²) < 4.78 is 0. The lowest BCUT2D eigenvalue weighted by molar-refractivity contribution is 0.473. The Bertz CT molecular complexity index is 773. The maximum absolute atomic E-state index is 10.0. The second kappa shape index (κ2) is 11.4. The SMILES string of the molecule is CCC(C)c1ccc(O)c(C=NCCCN=Cc2cc(C(C)CC)ccc2O)c1. The number of nitrogens with zero attached hydrogens (tertiary/aromatic N) is 2. The van der Waals surface area contributed by atoms with Gasteiger partial charge in [0, 0.05) is 36.6 Å². The molecule has 156 valence electrons. The first-order chi connectivity index (χ1) is 14.0. The molecule has 0 bridgehead atoms. The fraction of sp³-hybridized carbons (Fsp3) is 0.440. The lowest BCUT2D eigenvalue weighted by Gasteiger charge is -2.10. The zero-order chi connectivity index (χ0) is 21.2. The number of hydrogen-bond donors (Lipinski definition) is 2. The molecule has 4 heteroatoms. The summed E-state index contributed by atoms with van der Waals surface area (Å²) in [5.74, 6) is 1.45. The zero-order valence-corrected chi connectivity index (χ0v) is 18.1. The molecule has 0 saturated heterocycles. The van der Waals surface area contributed by atoms with Gasteiger partial charge in [-0.15, -0.1) is 0 Å². The van der Waals surface area contributed by atoms with Crippen molar-refractivity contribution < 1.29 is 10.2 Å². The van der Waals surface area contributed by atoms with E-state index < -0.39 is 0 Å². The summed E-state index contributed by atoms with van der Waals surface area (Å²) >= 11 is 0. The number of hydrogen-bond acceptors (Lipinski definition) is 4. The monoisotopic (exact) mass is 394 g/mol. The van der Waals surface area contributed by atoms with E-state index in [1.54, 1.807) is 24.6 Å². The predicted molar refractivity (Wildman–Crippen MR) is 123 cm³/mol. The standard InChI is InChI=1S/C25H34N2O2/c1-5-18(3)20-8-10-24(28)22(14-20)16-26-12-7-13-27-17-23-15-21(19(4)6-2)9-11-25(23)29/h8-11,14-19,28-29H,5-7,12-13H2,1-4H3. The van der Waals surface area contributed by atoms with Crippen LogP contribution in [0, 0.1) is 0 Å². The fourth-order valence-electron chi connectivity index (χ4n) is 3.02. The largest absolute Gasteiger partial charge is 0.507 e. The number of phenolic OH excluding ortho intramolecular Hbond substituents is 2. The van der Waals surface area contributed by atoms with Crippen molar-refractivity contribution in [2.24, 2.45) is 9.98 Å². The molecular weight excluding hydrogens is 360 g/mol. The minimum Gasteiger partial charge on any atom is -0.507 e. The first-order valence-electron chi connectivity index (χ1n) is 10.6. The summed E-state index contributed by atoms with van der Waals surface area (Å²) in [6.07, 6.45) is 6.42. The van der Waals surface area contributed by atoms with Crippen molar-refractivity contribution in [3.8, 4) is 11.5 Å². The average molecular weight is 395 g/mol. The van der Waals surface area contributed by atoms with Gasteiger partial charge < -0.3 is 10.2 Å². The minimum atomic E-state index is 0.260. The quantitative estimate of drug-likeness (QED) is 0.380. The Morgan fingerprint density at radius 3 is 1.55 bits per heavy atom. The molecule has 29 heavy (non-hydrogen) atoms. The molecule has 0 aromatic heterocycles. The molecule has 2 atom stereocenters. The maximum Gasteiger partial charge on any atom is 0.124 e. The molecule has 0 heterocycles. The van der Waals surface area contributed by atoms with E-state index in [1.807, 2.05) is 24.3 Å². The van der Waals surface area contributed by atoms with Crippen LogP contribution in [0.25, 0.3) is 0 Å². The van der Waals surface area contributed by atoms with E-state index in [0.29, 0.717) is 24.9 Å². The third-order valence-corrected chi connectivity index (χ3v) is 5.50. The van der Waals surface area contributed by atoms with Gasteiger partial charge in [0.05, 0.1) is 0 Å². The van der Waals surface area contributed by atoms with E-state index >= 15 is 0 Å². The molecule has 2 aromatic rings. The molecule has 2 unspecified atom stereocenters. The van der Waals surface area contributed by atoms with Gasteiger partial charge in [-0.25, -0.2) is 0 Å². The van der Waals surface area contributed by atoms with Crippen molar-refractivity contribution in [1.82, 2.24) is 0 Å². The summed E-state index contributed by atoms with van der Waals surface area (Å²) in [7, 11) is 0. The van der Waals surface area contributed by atoms with Gasteiger partial charge in [-0.2, -0.15) is 0 Å². The van der Waals surface area contributed by atoms with E-state index in [1.165, 1.54) is 11.1 Å². The zero-order valence-electron chi connectivity index (χ0n) is 18.1. The Kier molecular flexibility index (Phi) is 8.91. The van der Waals surface area contributed by atoms with Crippen LogP contribution in [0.15, 0.2) is 46.4 Å².